The maximum absolute atomic E-state index is 13.7. The minimum Gasteiger partial charge on any atom is -0.496 e. The van der Waals surface area contributed by atoms with Crippen LogP contribution >= 0.6 is 0 Å². The number of methoxy groups -OCH3 is 1. The summed E-state index contributed by atoms with van der Waals surface area (Å²) in [6.07, 6.45) is -1.68. The zero-order chi connectivity index (χ0) is 20.6. The fraction of sp³-hybridized carbons (Fsp3) is 0.524. The number of hydrogen-bond acceptors (Lipinski definition) is 5. The summed E-state index contributed by atoms with van der Waals surface area (Å²) in [5, 5.41) is 9.72. The Labute approximate surface area is 167 Å². The highest BCUT2D eigenvalue weighted by Crippen LogP contribution is 2.37. The lowest BCUT2D eigenvalue weighted by atomic mass is 9.94. The molecule has 0 amide bonds. The lowest BCUT2D eigenvalue weighted by Gasteiger charge is -2.21. The van der Waals surface area contributed by atoms with Crippen molar-refractivity contribution >= 4 is 0 Å². The molecule has 5 nitrogen and oxygen atoms in total. The lowest BCUT2D eigenvalue weighted by molar-refractivity contribution is -0.142. The number of ether oxygens (including phenoxy) is 1. The van der Waals surface area contributed by atoms with Crippen LogP contribution in [0.5, 0.6) is 5.75 Å². The number of hydrogen-bond donors (Lipinski definition) is 1. The second-order valence-electron chi connectivity index (χ2n) is 7.74. The van der Waals surface area contributed by atoms with Crippen LogP contribution in [0.3, 0.4) is 0 Å². The van der Waals surface area contributed by atoms with Crippen molar-refractivity contribution in [3.63, 3.8) is 0 Å². The number of benzene rings is 1. The van der Waals surface area contributed by atoms with Gasteiger partial charge < -0.3 is 9.84 Å². The van der Waals surface area contributed by atoms with Crippen LogP contribution in [0.4, 0.5) is 13.2 Å². The molecule has 1 N–H and O–H groups in total. The summed E-state index contributed by atoms with van der Waals surface area (Å²) in [5.41, 5.74) is 1.28. The molecule has 0 radical (unpaired) electrons. The molecule has 1 unspecified atom stereocenters. The average molecular weight is 407 g/mol. The second-order valence-corrected chi connectivity index (χ2v) is 7.74. The lowest BCUT2D eigenvalue weighted by Crippen LogP contribution is -2.21. The minimum atomic E-state index is -4.52. The monoisotopic (exact) mass is 407 g/mol. The number of rotatable bonds is 4. The number of likely N-dealkylation sites (tertiary alicyclic amines) is 1. The van der Waals surface area contributed by atoms with E-state index in [1.54, 1.807) is 12.1 Å². The fourth-order valence-electron chi connectivity index (χ4n) is 4.19. The maximum atomic E-state index is 13.7. The van der Waals surface area contributed by atoms with Gasteiger partial charge >= 0.3 is 6.18 Å². The summed E-state index contributed by atoms with van der Waals surface area (Å²) < 4.78 is 46.5. The molecule has 1 aromatic carbocycles. The van der Waals surface area contributed by atoms with Gasteiger partial charge in [-0.1, -0.05) is 6.07 Å². The first-order valence-electron chi connectivity index (χ1n) is 9.90. The number of aromatic nitrogens is 2. The van der Waals surface area contributed by atoms with Crippen LogP contribution < -0.4 is 4.74 Å². The molecule has 1 fully saturated rings. The predicted octanol–water partition coefficient (Wildman–Crippen LogP) is 3.62. The van der Waals surface area contributed by atoms with Crippen molar-refractivity contribution in [3.05, 3.63) is 40.7 Å². The first kappa shape index (κ1) is 20.1. The van der Waals surface area contributed by atoms with E-state index in [2.05, 4.69) is 14.9 Å². The van der Waals surface area contributed by atoms with Crippen molar-refractivity contribution in [3.8, 4) is 17.1 Å². The van der Waals surface area contributed by atoms with Crippen molar-refractivity contribution in [2.75, 3.05) is 20.2 Å². The smallest absolute Gasteiger partial charge is 0.433 e. The van der Waals surface area contributed by atoms with Gasteiger partial charge in [-0.25, -0.2) is 9.97 Å². The average Bonchev–Trinajstić information content (AvgIpc) is 3.11. The van der Waals surface area contributed by atoms with Crippen LogP contribution in [-0.4, -0.2) is 46.3 Å². The third-order valence-corrected chi connectivity index (χ3v) is 5.61. The zero-order valence-corrected chi connectivity index (χ0v) is 16.3. The number of aliphatic hydroxyl groups is 1. The molecular weight excluding hydrogens is 383 g/mol. The van der Waals surface area contributed by atoms with Crippen LogP contribution in [0.15, 0.2) is 18.2 Å². The highest BCUT2D eigenvalue weighted by atomic mass is 19.4. The molecule has 4 rings (SSSR count). The molecule has 1 saturated heterocycles. The van der Waals surface area contributed by atoms with Gasteiger partial charge in [0.25, 0.3) is 0 Å². The molecule has 2 aliphatic rings. The summed E-state index contributed by atoms with van der Waals surface area (Å²) >= 11 is 0. The van der Waals surface area contributed by atoms with Gasteiger partial charge in [0.15, 0.2) is 11.5 Å². The van der Waals surface area contributed by atoms with E-state index in [1.807, 2.05) is 6.07 Å². The number of alkyl halides is 3. The maximum Gasteiger partial charge on any atom is 0.433 e. The molecular formula is C21H24F3N3O2. The van der Waals surface area contributed by atoms with Gasteiger partial charge in [0, 0.05) is 30.9 Å². The van der Waals surface area contributed by atoms with Crippen LogP contribution in [0, 0.1) is 0 Å². The molecule has 2 aromatic rings. The number of aryl methyl sites for hydroxylation is 1. The third-order valence-electron chi connectivity index (χ3n) is 5.61. The quantitative estimate of drug-likeness (QED) is 0.839. The van der Waals surface area contributed by atoms with Crippen LogP contribution in [0.25, 0.3) is 11.4 Å². The molecule has 2 heterocycles. The first-order chi connectivity index (χ1) is 13.8. The Morgan fingerprint density at radius 1 is 1.21 bits per heavy atom. The second kappa shape index (κ2) is 7.91. The molecule has 1 aromatic heterocycles. The topological polar surface area (TPSA) is 58.5 Å². The Kier molecular flexibility index (Phi) is 5.48. The van der Waals surface area contributed by atoms with E-state index in [0.717, 1.165) is 31.4 Å². The summed E-state index contributed by atoms with van der Waals surface area (Å²) in [6, 6.07) is 5.43. The molecule has 29 heavy (non-hydrogen) atoms. The Bertz CT molecular complexity index is 901. The molecule has 0 bridgehead atoms. The Morgan fingerprint density at radius 2 is 2.00 bits per heavy atom. The largest absolute Gasteiger partial charge is 0.496 e. The van der Waals surface area contributed by atoms with Crippen molar-refractivity contribution in [2.45, 2.75) is 50.9 Å². The van der Waals surface area contributed by atoms with Gasteiger partial charge in [0.05, 0.1) is 18.8 Å². The van der Waals surface area contributed by atoms with E-state index in [1.165, 1.54) is 7.11 Å². The molecule has 1 aliphatic heterocycles. The van der Waals surface area contributed by atoms with Gasteiger partial charge in [-0.2, -0.15) is 13.2 Å². The Morgan fingerprint density at radius 3 is 2.69 bits per heavy atom. The molecule has 156 valence electrons. The normalized spacial score (nSPS) is 20.0. The molecule has 1 atom stereocenters. The number of nitrogens with zero attached hydrogens (tertiary/aromatic N) is 3. The fourth-order valence-corrected chi connectivity index (χ4v) is 4.19. The summed E-state index contributed by atoms with van der Waals surface area (Å²) in [5.74, 6) is 0.497. The van der Waals surface area contributed by atoms with E-state index >= 15 is 0 Å². The van der Waals surface area contributed by atoms with E-state index in [0.29, 0.717) is 42.9 Å². The highest BCUT2D eigenvalue weighted by Gasteiger charge is 2.38. The number of fused-ring (bicyclic) bond motifs is 1. The number of halogens is 3. The Balaban J connectivity index is 1.76. The van der Waals surface area contributed by atoms with Crippen molar-refractivity contribution in [2.24, 2.45) is 0 Å². The first-order valence-corrected chi connectivity index (χ1v) is 9.90. The Hall–Kier alpha value is -2.19. The van der Waals surface area contributed by atoms with Crippen LogP contribution in [0.2, 0.25) is 0 Å². The van der Waals surface area contributed by atoms with Gasteiger partial charge in [-0.05, 0) is 49.8 Å². The summed E-state index contributed by atoms with van der Waals surface area (Å²) in [7, 11) is 1.48. The number of β-amino-alcohol motifs (C(OH)–C–C–N with tert-alkyl or cyclic N) is 1. The van der Waals surface area contributed by atoms with Gasteiger partial charge in [-0.3, -0.25) is 4.90 Å². The van der Waals surface area contributed by atoms with Gasteiger partial charge in [-0.15, -0.1) is 0 Å². The van der Waals surface area contributed by atoms with Gasteiger partial charge in [0.2, 0.25) is 0 Å². The third kappa shape index (κ3) is 4.23. The summed E-state index contributed by atoms with van der Waals surface area (Å²) in [6.45, 7) is 1.98. The zero-order valence-electron chi connectivity index (χ0n) is 16.3. The molecule has 8 heteroatoms. The van der Waals surface area contributed by atoms with Gasteiger partial charge in [0.1, 0.15) is 5.75 Å². The van der Waals surface area contributed by atoms with Crippen molar-refractivity contribution in [1.82, 2.24) is 14.9 Å². The minimum absolute atomic E-state index is 0.0538. The highest BCUT2D eigenvalue weighted by molar-refractivity contribution is 5.66. The standard InChI is InChI=1S/C21H24F3N3O2/c1-29-18-7-6-13(11-27-9-8-14(28)12-27)10-16(18)20-25-17-5-3-2-4-15(17)19(26-20)21(22,23)24/h6-7,10,14,28H,2-5,8-9,11-12H2,1H3. The van der Waals surface area contributed by atoms with Crippen molar-refractivity contribution in [1.29, 1.82) is 0 Å². The van der Waals surface area contributed by atoms with Crippen molar-refractivity contribution < 1.29 is 23.0 Å². The number of aliphatic hydroxyl groups excluding tert-OH is 1. The van der Waals surface area contributed by atoms with E-state index in [-0.39, 0.29) is 17.5 Å². The van der Waals surface area contributed by atoms with E-state index < -0.39 is 11.9 Å². The summed E-state index contributed by atoms with van der Waals surface area (Å²) in [4.78, 5) is 10.6. The molecule has 0 spiro atoms. The predicted molar refractivity (Wildman–Crippen MR) is 102 cm³/mol. The van der Waals surface area contributed by atoms with Crippen LogP contribution in [-0.2, 0) is 25.6 Å². The van der Waals surface area contributed by atoms with E-state index in [4.69, 9.17) is 4.74 Å². The SMILES string of the molecule is COc1ccc(CN2CCC(O)C2)cc1-c1nc2c(c(C(F)(F)F)n1)CCCC2. The molecule has 0 saturated carbocycles. The van der Waals surface area contributed by atoms with Crippen LogP contribution in [0.1, 0.15) is 41.8 Å². The molecule has 1 aliphatic carbocycles. The van der Waals surface area contributed by atoms with E-state index in [9.17, 15) is 18.3 Å².